The van der Waals surface area contributed by atoms with Gasteiger partial charge in [-0.25, -0.2) is 15.0 Å². The molecule has 4 aromatic rings. The maximum Gasteiger partial charge on any atom is 0.325 e. The first-order chi connectivity index (χ1) is 18.5. The lowest BCUT2D eigenvalue weighted by molar-refractivity contribution is -0.144. The van der Waals surface area contributed by atoms with E-state index in [0.717, 1.165) is 35.6 Å². The Morgan fingerprint density at radius 3 is 2.08 bits per heavy atom. The molecule has 0 fully saturated rings. The van der Waals surface area contributed by atoms with Crippen molar-refractivity contribution in [2.45, 2.75) is 59.6 Å². The monoisotopic (exact) mass is 648 g/mol. The molecule has 2 aromatic carbocycles. The number of para-hydroxylation sites is 2. The highest BCUT2D eigenvalue weighted by Crippen LogP contribution is 2.42. The Kier molecular flexibility index (Phi) is 10.1. The zero-order chi connectivity index (χ0) is 28.2. The largest absolute Gasteiger partial charge is 0.464 e. The lowest BCUT2D eigenvalue weighted by Crippen LogP contribution is -2.17. The summed E-state index contributed by atoms with van der Waals surface area (Å²) in [5, 5.41) is 1.81. The fourth-order valence-electron chi connectivity index (χ4n) is 4.45. The van der Waals surface area contributed by atoms with Gasteiger partial charge in [0.2, 0.25) is 7.59 Å². The van der Waals surface area contributed by atoms with Gasteiger partial charge in [0.05, 0.1) is 12.1 Å². The van der Waals surface area contributed by atoms with E-state index in [0.29, 0.717) is 17.7 Å². The molecule has 0 saturated carbocycles. The highest BCUT2D eigenvalue weighted by Gasteiger charge is 2.34. The molecule has 0 aliphatic heterocycles. The van der Waals surface area contributed by atoms with Crippen LogP contribution < -0.4 is 0 Å². The van der Waals surface area contributed by atoms with Crippen LogP contribution in [0.15, 0.2) is 42.5 Å². The Bertz CT molecular complexity index is 1430. The average molecular weight is 651 g/mol. The number of hydrogen-bond acceptors (Lipinski definition) is 5. The van der Waals surface area contributed by atoms with Crippen LogP contribution in [0.25, 0.3) is 33.2 Å². The van der Waals surface area contributed by atoms with Crippen molar-refractivity contribution in [3.8, 4) is 11.4 Å². The molecule has 0 saturated heterocycles. The summed E-state index contributed by atoms with van der Waals surface area (Å²) in [6.45, 7) is 2.54. The molecule has 12 heteroatoms. The second kappa shape index (κ2) is 13.0. The molecule has 6 nitrogen and oxygen atoms in total. The first kappa shape index (κ1) is 30.4. The number of halogens is 6. The number of fused-ring (bicyclic) bond motifs is 3. The second-order valence-electron chi connectivity index (χ2n) is 9.10. The molecule has 2 aromatic heterocycles. The molecule has 0 aliphatic rings. The van der Waals surface area contributed by atoms with Crippen molar-refractivity contribution in [3.63, 3.8) is 0 Å². The van der Waals surface area contributed by atoms with E-state index in [1.807, 2.05) is 41.0 Å². The lowest BCUT2D eigenvalue weighted by Gasteiger charge is -2.16. The van der Waals surface area contributed by atoms with Crippen molar-refractivity contribution >= 4 is 97.4 Å². The third-order valence-electron chi connectivity index (χ3n) is 6.22. The molecule has 0 spiro atoms. The van der Waals surface area contributed by atoms with Crippen LogP contribution in [0, 0.1) is 0 Å². The van der Waals surface area contributed by atoms with Crippen LogP contribution in [0.2, 0.25) is 0 Å². The number of carbonyl (C=O) groups excluding carboxylic acids is 1. The fourth-order valence-corrected chi connectivity index (χ4v) is 4.95. The zero-order valence-electron chi connectivity index (χ0n) is 21.1. The predicted octanol–water partition coefficient (Wildman–Crippen LogP) is 9.20. The van der Waals surface area contributed by atoms with Crippen molar-refractivity contribution in [1.82, 2.24) is 19.5 Å². The van der Waals surface area contributed by atoms with Gasteiger partial charge in [-0.3, -0.25) is 4.79 Å². The van der Waals surface area contributed by atoms with Gasteiger partial charge in [0.25, 0.3) is 0 Å². The SMILES string of the molecule is CCCCCCCCOC(=O)Cn1c2ccccc2c2cccc(-c3nc(C(Cl)(Cl)Cl)nc(C(Cl)(Cl)Cl)n3)c21. The van der Waals surface area contributed by atoms with Gasteiger partial charge in [0.1, 0.15) is 6.54 Å². The molecule has 0 amide bonds. The van der Waals surface area contributed by atoms with Crippen LogP contribution in [0.1, 0.15) is 57.1 Å². The van der Waals surface area contributed by atoms with Gasteiger partial charge < -0.3 is 9.30 Å². The molecule has 4 rings (SSSR count). The van der Waals surface area contributed by atoms with Crippen LogP contribution in [0.3, 0.4) is 0 Å². The predicted molar refractivity (Wildman–Crippen MR) is 161 cm³/mol. The van der Waals surface area contributed by atoms with E-state index in [-0.39, 0.29) is 30.0 Å². The number of nitrogens with zero attached hydrogens (tertiary/aromatic N) is 4. The minimum absolute atomic E-state index is 0.0173. The van der Waals surface area contributed by atoms with E-state index in [1.54, 1.807) is 6.07 Å². The molecule has 0 atom stereocenters. The normalized spacial score (nSPS) is 12.4. The maximum absolute atomic E-state index is 13.0. The molecule has 2 heterocycles. The van der Waals surface area contributed by atoms with Crippen molar-refractivity contribution in [2.75, 3.05) is 6.61 Å². The lowest BCUT2D eigenvalue weighted by atomic mass is 10.1. The Balaban J connectivity index is 1.75. The summed E-state index contributed by atoms with van der Waals surface area (Å²) >= 11 is 36.6. The van der Waals surface area contributed by atoms with E-state index >= 15 is 0 Å². The van der Waals surface area contributed by atoms with E-state index in [2.05, 4.69) is 21.9 Å². The Hall–Kier alpha value is -1.54. The standard InChI is InChI=1S/C27H26Cl6N4O2/c1-2-3-4-5-6-9-15-39-21(38)16-37-20-14-8-7-11-17(20)18-12-10-13-19(22(18)37)23-34-24(26(28,29)30)36-25(35-23)27(31,32)33/h7-8,10-14H,2-6,9,15-16H2,1H3. The van der Waals surface area contributed by atoms with Gasteiger partial charge in [0, 0.05) is 21.9 Å². The first-order valence-corrected chi connectivity index (χ1v) is 14.8. The Morgan fingerprint density at radius 2 is 1.41 bits per heavy atom. The van der Waals surface area contributed by atoms with Crippen molar-refractivity contribution in [1.29, 1.82) is 0 Å². The number of carbonyl (C=O) groups is 1. The summed E-state index contributed by atoms with van der Waals surface area (Å²) < 4.78 is 3.47. The van der Waals surface area contributed by atoms with Crippen molar-refractivity contribution in [2.24, 2.45) is 0 Å². The van der Waals surface area contributed by atoms with Gasteiger partial charge in [-0.1, -0.05) is 139 Å². The van der Waals surface area contributed by atoms with Crippen LogP contribution in [0.4, 0.5) is 0 Å². The van der Waals surface area contributed by atoms with E-state index in [9.17, 15) is 4.79 Å². The highest BCUT2D eigenvalue weighted by atomic mass is 35.6. The molecular weight excluding hydrogens is 625 g/mol. The van der Waals surface area contributed by atoms with Gasteiger partial charge in [-0.05, 0) is 18.6 Å². The molecular formula is C27H26Cl6N4O2. The van der Waals surface area contributed by atoms with Crippen LogP contribution in [-0.4, -0.2) is 32.1 Å². The number of benzene rings is 2. The number of rotatable bonds is 10. The third kappa shape index (κ3) is 7.41. The molecule has 39 heavy (non-hydrogen) atoms. The smallest absolute Gasteiger partial charge is 0.325 e. The molecule has 0 bridgehead atoms. The number of aromatic nitrogens is 4. The first-order valence-electron chi connectivity index (χ1n) is 12.6. The second-order valence-corrected chi connectivity index (χ2v) is 13.7. The van der Waals surface area contributed by atoms with Gasteiger partial charge >= 0.3 is 5.97 Å². The minimum atomic E-state index is -2.00. The fraction of sp³-hybridized carbons (Fsp3) is 0.407. The summed E-state index contributed by atoms with van der Waals surface area (Å²) in [6, 6.07) is 13.3. The quantitative estimate of drug-likeness (QED) is 0.0972. The number of hydrogen-bond donors (Lipinski definition) is 0. The number of ether oxygens (including phenoxy) is 1. The van der Waals surface area contributed by atoms with Gasteiger partial charge in [0.15, 0.2) is 17.5 Å². The minimum Gasteiger partial charge on any atom is -0.464 e. The maximum atomic E-state index is 13.0. The summed E-state index contributed by atoms with van der Waals surface area (Å²) in [5.41, 5.74) is 2.07. The van der Waals surface area contributed by atoms with Crippen LogP contribution in [0.5, 0.6) is 0 Å². The Morgan fingerprint density at radius 1 is 0.795 bits per heavy atom. The molecule has 0 unspecified atom stereocenters. The summed E-state index contributed by atoms with van der Waals surface area (Å²) in [6.07, 6.45) is 6.62. The molecule has 0 radical (unpaired) electrons. The molecule has 0 N–H and O–H groups in total. The Labute approximate surface area is 256 Å². The van der Waals surface area contributed by atoms with Crippen LogP contribution in [-0.2, 0) is 23.7 Å². The summed E-state index contributed by atoms with van der Waals surface area (Å²) in [7, 11) is 0. The van der Waals surface area contributed by atoms with Gasteiger partial charge in [-0.15, -0.1) is 0 Å². The molecule has 208 valence electrons. The average Bonchev–Trinajstić information content (AvgIpc) is 3.20. The van der Waals surface area contributed by atoms with Crippen LogP contribution >= 0.6 is 69.6 Å². The van der Waals surface area contributed by atoms with E-state index in [1.165, 1.54) is 19.3 Å². The van der Waals surface area contributed by atoms with Crippen molar-refractivity contribution < 1.29 is 9.53 Å². The molecule has 0 aliphatic carbocycles. The number of alkyl halides is 6. The summed E-state index contributed by atoms with van der Waals surface area (Å²) in [5.74, 6) is -0.614. The summed E-state index contributed by atoms with van der Waals surface area (Å²) in [4.78, 5) is 25.8. The van der Waals surface area contributed by atoms with E-state index in [4.69, 9.17) is 74.3 Å². The van der Waals surface area contributed by atoms with E-state index < -0.39 is 7.59 Å². The van der Waals surface area contributed by atoms with Crippen molar-refractivity contribution in [3.05, 3.63) is 54.1 Å². The number of esters is 1. The zero-order valence-corrected chi connectivity index (χ0v) is 25.6. The topological polar surface area (TPSA) is 69.9 Å². The highest BCUT2D eigenvalue weighted by molar-refractivity contribution is 6.67. The number of unbranched alkanes of at least 4 members (excludes halogenated alkanes) is 5. The van der Waals surface area contributed by atoms with Gasteiger partial charge in [-0.2, -0.15) is 0 Å². The third-order valence-corrected chi connectivity index (χ3v) is 7.24.